The zero-order valence-corrected chi connectivity index (χ0v) is 15.0. The fourth-order valence-electron chi connectivity index (χ4n) is 2.90. The molecule has 6 nitrogen and oxygen atoms in total. The lowest BCUT2D eigenvalue weighted by Crippen LogP contribution is -2.24. The molecule has 1 aliphatic carbocycles. The first-order valence-electron chi connectivity index (χ1n) is 8.76. The van der Waals surface area contributed by atoms with Crippen LogP contribution in [-0.2, 0) is 4.74 Å². The Morgan fingerprint density at radius 2 is 2.08 bits per heavy atom. The second-order valence-corrected chi connectivity index (χ2v) is 6.45. The summed E-state index contributed by atoms with van der Waals surface area (Å²) in [7, 11) is 1.60. The standard InChI is InChI=1S/C20H23NO5/c1-13-11-17(14-5-3-6-14)26-20(23)18(13)19(22)21-15-7-4-8-16(12-15)25-10-9-24-2/h4,7-8,11-12,14H,3,5-6,9-10H2,1-2H3,(H,21,22). The summed E-state index contributed by atoms with van der Waals surface area (Å²) in [6, 6.07) is 8.81. The molecule has 1 heterocycles. The maximum Gasteiger partial charge on any atom is 0.349 e. The Morgan fingerprint density at radius 1 is 1.27 bits per heavy atom. The number of carbonyl (C=O) groups is 1. The van der Waals surface area contributed by atoms with Crippen LogP contribution < -0.4 is 15.7 Å². The van der Waals surface area contributed by atoms with Crippen LogP contribution in [0.1, 0.15) is 46.9 Å². The number of nitrogens with one attached hydrogen (secondary N) is 1. The van der Waals surface area contributed by atoms with Gasteiger partial charge in [-0.25, -0.2) is 4.79 Å². The summed E-state index contributed by atoms with van der Waals surface area (Å²) in [5.74, 6) is 1.12. The van der Waals surface area contributed by atoms with E-state index in [4.69, 9.17) is 13.9 Å². The van der Waals surface area contributed by atoms with E-state index < -0.39 is 11.5 Å². The van der Waals surface area contributed by atoms with E-state index in [0.717, 1.165) is 19.3 Å². The molecular weight excluding hydrogens is 334 g/mol. The van der Waals surface area contributed by atoms with E-state index in [1.165, 1.54) is 0 Å². The van der Waals surface area contributed by atoms with Gasteiger partial charge in [0, 0.05) is 24.8 Å². The molecule has 3 rings (SSSR count). The molecule has 26 heavy (non-hydrogen) atoms. The molecule has 138 valence electrons. The molecule has 1 N–H and O–H groups in total. The van der Waals surface area contributed by atoms with Crippen molar-refractivity contribution >= 4 is 11.6 Å². The molecule has 0 bridgehead atoms. The monoisotopic (exact) mass is 357 g/mol. The Morgan fingerprint density at radius 3 is 2.73 bits per heavy atom. The maximum absolute atomic E-state index is 12.6. The second-order valence-electron chi connectivity index (χ2n) is 6.45. The van der Waals surface area contributed by atoms with Gasteiger partial charge in [-0.05, 0) is 43.5 Å². The van der Waals surface area contributed by atoms with Gasteiger partial charge in [-0.1, -0.05) is 12.5 Å². The summed E-state index contributed by atoms with van der Waals surface area (Å²) in [6.45, 7) is 2.65. The summed E-state index contributed by atoms with van der Waals surface area (Å²) in [5, 5.41) is 2.74. The molecule has 1 aromatic heterocycles. The van der Waals surface area contributed by atoms with Crippen molar-refractivity contribution in [3.05, 3.63) is 57.6 Å². The van der Waals surface area contributed by atoms with Crippen LogP contribution in [0.2, 0.25) is 0 Å². The van der Waals surface area contributed by atoms with Crippen molar-refractivity contribution in [1.82, 2.24) is 0 Å². The van der Waals surface area contributed by atoms with Crippen molar-refractivity contribution in [1.29, 1.82) is 0 Å². The van der Waals surface area contributed by atoms with Gasteiger partial charge in [-0.3, -0.25) is 4.79 Å². The van der Waals surface area contributed by atoms with Crippen LogP contribution in [0.15, 0.2) is 39.5 Å². The van der Waals surface area contributed by atoms with Gasteiger partial charge in [0.2, 0.25) is 0 Å². The van der Waals surface area contributed by atoms with Crippen molar-refractivity contribution in [2.24, 2.45) is 0 Å². The van der Waals surface area contributed by atoms with Gasteiger partial charge in [0.15, 0.2) is 0 Å². The number of hydrogen-bond donors (Lipinski definition) is 1. The number of carbonyl (C=O) groups excluding carboxylic acids is 1. The van der Waals surface area contributed by atoms with Gasteiger partial charge in [-0.2, -0.15) is 0 Å². The molecule has 1 fully saturated rings. The van der Waals surface area contributed by atoms with E-state index in [0.29, 0.717) is 41.9 Å². The topological polar surface area (TPSA) is 77.8 Å². The zero-order chi connectivity index (χ0) is 18.5. The molecule has 1 aliphatic rings. The quantitative estimate of drug-likeness (QED) is 0.768. The highest BCUT2D eigenvalue weighted by molar-refractivity contribution is 6.05. The molecule has 0 radical (unpaired) electrons. The van der Waals surface area contributed by atoms with E-state index in [9.17, 15) is 9.59 Å². The molecule has 1 saturated carbocycles. The van der Waals surface area contributed by atoms with Crippen LogP contribution in [0.3, 0.4) is 0 Å². The number of ether oxygens (including phenoxy) is 2. The van der Waals surface area contributed by atoms with Crippen LogP contribution in [0.25, 0.3) is 0 Å². The van der Waals surface area contributed by atoms with Gasteiger partial charge in [0.05, 0.1) is 6.61 Å². The number of rotatable bonds is 7. The largest absolute Gasteiger partial charge is 0.491 e. The highest BCUT2D eigenvalue weighted by Crippen LogP contribution is 2.36. The lowest BCUT2D eigenvalue weighted by Gasteiger charge is -2.24. The zero-order valence-electron chi connectivity index (χ0n) is 15.0. The third-order valence-electron chi connectivity index (χ3n) is 4.55. The summed E-state index contributed by atoms with van der Waals surface area (Å²) in [5.41, 5.74) is 0.635. The van der Waals surface area contributed by atoms with Crippen LogP contribution in [0.4, 0.5) is 5.69 Å². The third kappa shape index (κ3) is 4.14. The summed E-state index contributed by atoms with van der Waals surface area (Å²) < 4.78 is 15.9. The number of aryl methyl sites for hydroxylation is 1. The molecular formula is C20H23NO5. The fraction of sp³-hybridized carbons (Fsp3) is 0.400. The van der Waals surface area contributed by atoms with Crippen LogP contribution in [-0.4, -0.2) is 26.2 Å². The molecule has 1 aromatic carbocycles. The van der Waals surface area contributed by atoms with E-state index in [2.05, 4.69) is 5.32 Å². The molecule has 0 unspecified atom stereocenters. The number of anilines is 1. The Bertz CT molecular complexity index is 838. The minimum absolute atomic E-state index is 0.0405. The van der Waals surface area contributed by atoms with Crippen LogP contribution in [0, 0.1) is 6.92 Å². The minimum Gasteiger partial charge on any atom is -0.491 e. The van der Waals surface area contributed by atoms with Gasteiger partial charge >= 0.3 is 5.63 Å². The molecule has 0 atom stereocenters. The lowest BCUT2D eigenvalue weighted by atomic mass is 9.83. The molecule has 1 amide bonds. The minimum atomic E-state index is -0.586. The third-order valence-corrected chi connectivity index (χ3v) is 4.55. The average molecular weight is 357 g/mol. The van der Waals surface area contributed by atoms with Crippen molar-refractivity contribution in [2.75, 3.05) is 25.6 Å². The number of methoxy groups -OCH3 is 1. The SMILES string of the molecule is COCCOc1cccc(NC(=O)c2c(C)cc(C3CCC3)oc2=O)c1. The molecule has 0 aliphatic heterocycles. The number of amides is 1. The highest BCUT2D eigenvalue weighted by Gasteiger charge is 2.25. The summed E-state index contributed by atoms with van der Waals surface area (Å²) in [6.07, 6.45) is 3.21. The van der Waals surface area contributed by atoms with Crippen molar-refractivity contribution in [2.45, 2.75) is 32.1 Å². The summed E-state index contributed by atoms with van der Waals surface area (Å²) in [4.78, 5) is 24.9. The highest BCUT2D eigenvalue weighted by atomic mass is 16.5. The maximum atomic E-state index is 12.6. The van der Waals surface area contributed by atoms with Gasteiger partial charge in [0.25, 0.3) is 5.91 Å². The second kappa shape index (κ2) is 8.19. The summed E-state index contributed by atoms with van der Waals surface area (Å²) >= 11 is 0. The molecule has 6 heteroatoms. The van der Waals surface area contributed by atoms with E-state index in [1.807, 2.05) is 6.07 Å². The predicted octanol–water partition coefficient (Wildman–Crippen LogP) is 3.49. The van der Waals surface area contributed by atoms with Crippen LogP contribution in [0.5, 0.6) is 5.75 Å². The van der Waals surface area contributed by atoms with Gasteiger partial charge in [-0.15, -0.1) is 0 Å². The fourth-order valence-corrected chi connectivity index (χ4v) is 2.90. The lowest BCUT2D eigenvalue weighted by molar-refractivity contribution is 0.102. The van der Waals surface area contributed by atoms with E-state index in [-0.39, 0.29) is 5.56 Å². The first-order chi connectivity index (χ1) is 12.6. The Hall–Kier alpha value is -2.60. The predicted molar refractivity (Wildman–Crippen MR) is 98.1 cm³/mol. The van der Waals surface area contributed by atoms with E-state index in [1.54, 1.807) is 38.3 Å². The molecule has 2 aromatic rings. The average Bonchev–Trinajstić information content (AvgIpc) is 2.53. The van der Waals surface area contributed by atoms with Crippen molar-refractivity contribution in [3.63, 3.8) is 0 Å². The molecule has 0 spiro atoms. The molecule has 0 saturated heterocycles. The van der Waals surface area contributed by atoms with E-state index >= 15 is 0 Å². The van der Waals surface area contributed by atoms with Gasteiger partial charge in [0.1, 0.15) is 23.7 Å². The number of hydrogen-bond acceptors (Lipinski definition) is 5. The Balaban J connectivity index is 1.74. The van der Waals surface area contributed by atoms with Crippen molar-refractivity contribution in [3.8, 4) is 5.75 Å². The number of benzene rings is 1. The smallest absolute Gasteiger partial charge is 0.349 e. The van der Waals surface area contributed by atoms with Crippen LogP contribution >= 0.6 is 0 Å². The first-order valence-corrected chi connectivity index (χ1v) is 8.76. The first kappa shape index (κ1) is 18.2. The van der Waals surface area contributed by atoms with Gasteiger partial charge < -0.3 is 19.2 Å². The van der Waals surface area contributed by atoms with Crippen molar-refractivity contribution < 1.29 is 18.7 Å². The Kier molecular flexibility index (Phi) is 5.73. The normalized spacial score (nSPS) is 13.9. The Labute approximate surface area is 152 Å².